The number of nitrogens with two attached hydrogens (primary N) is 1. The zero-order valence-corrected chi connectivity index (χ0v) is 10.0. The van der Waals surface area contributed by atoms with Gasteiger partial charge in [-0.05, 0) is 40.8 Å². The number of anilines is 1. The molecule has 0 atom stereocenters. The maximum Gasteiger partial charge on any atom is 0.418 e. The highest BCUT2D eigenvalue weighted by molar-refractivity contribution is 14.1. The van der Waals surface area contributed by atoms with Gasteiger partial charge >= 0.3 is 6.18 Å². The van der Waals surface area contributed by atoms with Crippen LogP contribution in [0.1, 0.15) is 5.56 Å². The van der Waals surface area contributed by atoms with Gasteiger partial charge in [-0.2, -0.15) is 13.2 Å². The van der Waals surface area contributed by atoms with Crippen LogP contribution in [0.3, 0.4) is 0 Å². The Labute approximate surface area is 103 Å². The number of rotatable bonds is 0. The first-order valence-corrected chi connectivity index (χ1v) is 5.39. The Kier molecular flexibility index (Phi) is 2.69. The monoisotopic (exact) mass is 338 g/mol. The Morgan fingerprint density at radius 2 is 2.00 bits per heavy atom. The van der Waals surface area contributed by atoms with Gasteiger partial charge in [-0.1, -0.05) is 0 Å². The van der Waals surface area contributed by atoms with Gasteiger partial charge in [-0.3, -0.25) is 4.98 Å². The van der Waals surface area contributed by atoms with Crippen LogP contribution in [0.25, 0.3) is 10.9 Å². The lowest BCUT2D eigenvalue weighted by atomic mass is 10.1. The third-order valence-corrected chi connectivity index (χ3v) is 3.08. The van der Waals surface area contributed by atoms with Gasteiger partial charge in [0.2, 0.25) is 0 Å². The van der Waals surface area contributed by atoms with Crippen LogP contribution in [-0.2, 0) is 6.18 Å². The van der Waals surface area contributed by atoms with E-state index in [0.717, 1.165) is 6.07 Å². The fraction of sp³-hybridized carbons (Fsp3) is 0.100. The van der Waals surface area contributed by atoms with E-state index in [1.54, 1.807) is 28.7 Å². The third-order valence-electron chi connectivity index (χ3n) is 2.19. The second-order valence-corrected chi connectivity index (χ2v) is 4.38. The highest BCUT2D eigenvalue weighted by Crippen LogP contribution is 2.37. The van der Waals surface area contributed by atoms with Gasteiger partial charge in [0, 0.05) is 15.2 Å². The molecule has 0 saturated carbocycles. The normalized spacial score (nSPS) is 12.0. The molecule has 0 aliphatic carbocycles. The summed E-state index contributed by atoms with van der Waals surface area (Å²) in [7, 11) is 0. The molecule has 0 amide bonds. The van der Waals surface area contributed by atoms with E-state index in [0.29, 0.717) is 14.6 Å². The summed E-state index contributed by atoms with van der Waals surface area (Å²) in [5.74, 6) is 0. The summed E-state index contributed by atoms with van der Waals surface area (Å²) in [6.45, 7) is 0. The molecule has 1 aromatic carbocycles. The van der Waals surface area contributed by atoms with E-state index in [4.69, 9.17) is 5.73 Å². The predicted molar refractivity (Wildman–Crippen MR) is 63.9 cm³/mol. The molecule has 0 aliphatic heterocycles. The molecule has 0 spiro atoms. The minimum Gasteiger partial charge on any atom is -0.397 e. The van der Waals surface area contributed by atoms with Crippen molar-refractivity contribution in [3.8, 4) is 0 Å². The number of hydrogen-bond donors (Lipinski definition) is 1. The zero-order valence-electron chi connectivity index (χ0n) is 7.85. The topological polar surface area (TPSA) is 38.9 Å². The fourth-order valence-electron chi connectivity index (χ4n) is 1.45. The molecule has 0 fully saturated rings. The number of alkyl halides is 3. The van der Waals surface area contributed by atoms with Crippen LogP contribution in [-0.4, -0.2) is 4.98 Å². The molecule has 2 N–H and O–H groups in total. The van der Waals surface area contributed by atoms with Crippen molar-refractivity contribution in [1.29, 1.82) is 0 Å². The largest absolute Gasteiger partial charge is 0.418 e. The molecular weight excluding hydrogens is 332 g/mol. The highest BCUT2D eigenvalue weighted by atomic mass is 127. The van der Waals surface area contributed by atoms with Crippen LogP contribution in [0.5, 0.6) is 0 Å². The highest BCUT2D eigenvalue weighted by Gasteiger charge is 2.34. The second kappa shape index (κ2) is 3.76. The lowest BCUT2D eigenvalue weighted by molar-refractivity contribution is -0.136. The number of aromatic nitrogens is 1. The first-order valence-electron chi connectivity index (χ1n) is 4.31. The Morgan fingerprint density at radius 3 is 2.62 bits per heavy atom. The van der Waals surface area contributed by atoms with Crippen LogP contribution in [0.2, 0.25) is 0 Å². The Balaban J connectivity index is 2.91. The summed E-state index contributed by atoms with van der Waals surface area (Å²) < 4.78 is 38.6. The van der Waals surface area contributed by atoms with Gasteiger partial charge in [0.05, 0.1) is 16.8 Å². The van der Waals surface area contributed by atoms with E-state index in [-0.39, 0.29) is 5.52 Å². The quantitative estimate of drug-likeness (QED) is 0.590. The summed E-state index contributed by atoms with van der Waals surface area (Å²) in [5.41, 5.74) is 5.19. The van der Waals surface area contributed by atoms with Gasteiger partial charge in [-0.15, -0.1) is 0 Å². The number of hydrogen-bond acceptors (Lipinski definition) is 2. The molecule has 0 unspecified atom stereocenters. The number of halogens is 4. The van der Waals surface area contributed by atoms with Gasteiger partial charge in [0.1, 0.15) is 0 Å². The molecule has 0 aliphatic rings. The summed E-state index contributed by atoms with van der Waals surface area (Å²) in [4.78, 5) is 3.75. The van der Waals surface area contributed by atoms with Crippen LogP contribution < -0.4 is 5.73 Å². The fourth-order valence-corrected chi connectivity index (χ4v) is 2.06. The van der Waals surface area contributed by atoms with Crippen molar-refractivity contribution >= 4 is 39.2 Å². The summed E-state index contributed by atoms with van der Waals surface area (Å²) in [5, 5.41) is 0.335. The smallest absolute Gasteiger partial charge is 0.397 e. The molecule has 0 radical (unpaired) electrons. The molecule has 16 heavy (non-hydrogen) atoms. The van der Waals surface area contributed by atoms with Gasteiger partial charge in [-0.25, -0.2) is 0 Å². The number of fused-ring (bicyclic) bond motifs is 1. The van der Waals surface area contributed by atoms with Crippen LogP contribution in [0.4, 0.5) is 18.9 Å². The van der Waals surface area contributed by atoms with Crippen molar-refractivity contribution in [2.75, 3.05) is 5.73 Å². The number of nitrogen functional groups attached to an aromatic ring is 1. The van der Waals surface area contributed by atoms with Gasteiger partial charge in [0.15, 0.2) is 0 Å². The van der Waals surface area contributed by atoms with E-state index in [1.165, 1.54) is 12.3 Å². The van der Waals surface area contributed by atoms with Gasteiger partial charge < -0.3 is 5.73 Å². The summed E-state index contributed by atoms with van der Waals surface area (Å²) in [6.07, 6.45) is -3.09. The molecule has 0 bridgehead atoms. The van der Waals surface area contributed by atoms with Crippen molar-refractivity contribution in [1.82, 2.24) is 4.98 Å². The van der Waals surface area contributed by atoms with Crippen LogP contribution in [0.15, 0.2) is 24.4 Å². The molecule has 0 saturated heterocycles. The van der Waals surface area contributed by atoms with Crippen molar-refractivity contribution in [2.45, 2.75) is 6.18 Å². The zero-order chi connectivity index (χ0) is 11.9. The van der Waals surface area contributed by atoms with E-state index in [2.05, 4.69) is 4.98 Å². The third kappa shape index (κ3) is 1.81. The van der Waals surface area contributed by atoms with E-state index < -0.39 is 11.7 Å². The average Bonchev–Trinajstić information content (AvgIpc) is 2.22. The molecule has 2 nitrogen and oxygen atoms in total. The van der Waals surface area contributed by atoms with Crippen molar-refractivity contribution in [2.24, 2.45) is 0 Å². The SMILES string of the molecule is Nc1c(I)cc(C(F)(F)F)c2ncccc12. The second-order valence-electron chi connectivity index (χ2n) is 3.22. The Morgan fingerprint density at radius 1 is 1.31 bits per heavy atom. The van der Waals surface area contributed by atoms with E-state index >= 15 is 0 Å². The number of benzene rings is 1. The molecule has 2 aromatic rings. The van der Waals surface area contributed by atoms with E-state index in [1.807, 2.05) is 0 Å². The summed E-state index contributed by atoms with van der Waals surface area (Å²) in [6, 6.07) is 4.12. The minimum atomic E-state index is -4.42. The Hall–Kier alpha value is -1.05. The average molecular weight is 338 g/mol. The first kappa shape index (κ1) is 11.4. The Bertz CT molecular complexity index is 551. The molecular formula is C10H6F3IN2. The molecule has 1 aromatic heterocycles. The summed E-state index contributed by atoms with van der Waals surface area (Å²) >= 11 is 1.79. The lowest BCUT2D eigenvalue weighted by Crippen LogP contribution is -2.08. The van der Waals surface area contributed by atoms with Crippen LogP contribution in [0, 0.1) is 3.57 Å². The first-order chi connectivity index (χ1) is 7.41. The maximum absolute atomic E-state index is 12.7. The van der Waals surface area contributed by atoms with Crippen molar-refractivity contribution < 1.29 is 13.2 Å². The maximum atomic E-state index is 12.7. The van der Waals surface area contributed by atoms with Crippen molar-refractivity contribution in [3.05, 3.63) is 33.5 Å². The minimum absolute atomic E-state index is 0.104. The van der Waals surface area contributed by atoms with Crippen molar-refractivity contribution in [3.63, 3.8) is 0 Å². The standard InChI is InChI=1S/C10H6F3IN2/c11-10(12,13)6-4-7(14)8(15)5-2-1-3-16-9(5)6/h1-4H,15H2. The predicted octanol–water partition coefficient (Wildman–Crippen LogP) is 3.44. The number of pyridine rings is 1. The van der Waals surface area contributed by atoms with E-state index in [9.17, 15) is 13.2 Å². The molecule has 6 heteroatoms. The molecule has 84 valence electrons. The van der Waals surface area contributed by atoms with Gasteiger partial charge in [0.25, 0.3) is 0 Å². The number of nitrogens with zero attached hydrogens (tertiary/aromatic N) is 1. The lowest BCUT2D eigenvalue weighted by Gasteiger charge is -2.12. The molecule has 2 rings (SSSR count). The van der Waals surface area contributed by atoms with Crippen LogP contribution >= 0.6 is 22.6 Å². The molecule has 1 heterocycles.